The molecule has 2 N–H and O–H groups in total. The average Bonchev–Trinajstić information content (AvgIpc) is 2.85. The summed E-state index contributed by atoms with van der Waals surface area (Å²) in [5.41, 5.74) is 4.41. The second-order valence-electron chi connectivity index (χ2n) is 7.16. The zero-order valence-corrected chi connectivity index (χ0v) is 16.1. The maximum Gasteiger partial charge on any atom is 0.203 e. The Labute approximate surface area is 158 Å². The van der Waals surface area contributed by atoms with E-state index >= 15 is 0 Å². The van der Waals surface area contributed by atoms with Crippen LogP contribution < -0.4 is 14.2 Å². The van der Waals surface area contributed by atoms with Crippen molar-refractivity contribution in [3.05, 3.63) is 28.8 Å². The Bertz CT molecular complexity index is 908. The van der Waals surface area contributed by atoms with Crippen molar-refractivity contribution in [3.8, 4) is 39.9 Å². The summed E-state index contributed by atoms with van der Waals surface area (Å²) in [6.07, 6.45) is 2.52. The first-order chi connectivity index (χ1) is 13.0. The summed E-state index contributed by atoms with van der Waals surface area (Å²) < 4.78 is 16.3. The van der Waals surface area contributed by atoms with Gasteiger partial charge in [0.15, 0.2) is 23.0 Å². The van der Waals surface area contributed by atoms with E-state index in [0.717, 1.165) is 42.5 Å². The van der Waals surface area contributed by atoms with Gasteiger partial charge in [0.1, 0.15) is 0 Å². The van der Waals surface area contributed by atoms with E-state index in [0.29, 0.717) is 22.6 Å². The summed E-state index contributed by atoms with van der Waals surface area (Å²) in [5.74, 6) is 1.23. The van der Waals surface area contributed by atoms with Crippen LogP contribution in [0.1, 0.15) is 29.2 Å². The molecular formula is C21H25NO5. The van der Waals surface area contributed by atoms with Crippen molar-refractivity contribution in [3.63, 3.8) is 0 Å². The first-order valence-corrected chi connectivity index (χ1v) is 9.11. The van der Waals surface area contributed by atoms with Gasteiger partial charge in [-0.2, -0.15) is 0 Å². The zero-order chi connectivity index (χ0) is 19.3. The van der Waals surface area contributed by atoms with E-state index in [1.54, 1.807) is 14.2 Å². The molecule has 4 rings (SSSR count). The lowest BCUT2D eigenvalue weighted by Crippen LogP contribution is -2.32. The van der Waals surface area contributed by atoms with Crippen molar-refractivity contribution < 1.29 is 24.4 Å². The number of hydrogen-bond acceptors (Lipinski definition) is 6. The van der Waals surface area contributed by atoms with E-state index in [4.69, 9.17) is 14.2 Å². The number of benzene rings is 2. The SMILES string of the molecule is COc1cc2c3c(c1O)-c1c(cc(OC)c(OC)c1O)CC[C@@H]3N(C)CC2. The van der Waals surface area contributed by atoms with Crippen LogP contribution >= 0.6 is 0 Å². The average molecular weight is 371 g/mol. The third-order valence-electron chi connectivity index (χ3n) is 5.87. The highest BCUT2D eigenvalue weighted by Gasteiger charge is 2.36. The molecule has 1 aliphatic carbocycles. The lowest BCUT2D eigenvalue weighted by Gasteiger charge is -2.35. The van der Waals surface area contributed by atoms with E-state index in [9.17, 15) is 10.2 Å². The Morgan fingerprint density at radius 2 is 1.59 bits per heavy atom. The lowest BCUT2D eigenvalue weighted by atomic mass is 9.85. The van der Waals surface area contributed by atoms with Crippen molar-refractivity contribution in [1.29, 1.82) is 0 Å². The third kappa shape index (κ3) is 2.51. The minimum Gasteiger partial charge on any atom is -0.504 e. The summed E-state index contributed by atoms with van der Waals surface area (Å²) in [6, 6.07) is 4.00. The highest BCUT2D eigenvalue weighted by molar-refractivity contribution is 5.88. The molecule has 144 valence electrons. The Kier molecular flexibility index (Phi) is 4.30. The van der Waals surface area contributed by atoms with Crippen LogP contribution in [0.5, 0.6) is 28.7 Å². The van der Waals surface area contributed by atoms with E-state index in [1.807, 2.05) is 12.1 Å². The topological polar surface area (TPSA) is 71.4 Å². The number of phenols is 2. The van der Waals surface area contributed by atoms with Gasteiger partial charge in [0.2, 0.25) is 5.75 Å². The maximum atomic E-state index is 11.1. The largest absolute Gasteiger partial charge is 0.504 e. The molecule has 0 saturated carbocycles. The van der Waals surface area contributed by atoms with Crippen LogP contribution in [0.4, 0.5) is 0 Å². The Morgan fingerprint density at radius 3 is 2.26 bits per heavy atom. The summed E-state index contributed by atoms with van der Waals surface area (Å²) in [6.45, 7) is 0.944. The van der Waals surface area contributed by atoms with Crippen molar-refractivity contribution in [1.82, 2.24) is 4.90 Å². The van der Waals surface area contributed by atoms with Crippen LogP contribution in [0.25, 0.3) is 11.1 Å². The minimum atomic E-state index is -0.00789. The van der Waals surface area contributed by atoms with E-state index < -0.39 is 0 Å². The number of nitrogens with zero attached hydrogens (tertiary/aromatic N) is 1. The molecule has 0 amide bonds. The molecule has 1 heterocycles. The molecule has 6 heteroatoms. The van der Waals surface area contributed by atoms with Gasteiger partial charge in [-0.3, -0.25) is 4.90 Å². The summed E-state index contributed by atoms with van der Waals surface area (Å²) >= 11 is 0. The molecule has 1 atom stereocenters. The van der Waals surface area contributed by atoms with Crippen molar-refractivity contribution in [2.24, 2.45) is 0 Å². The van der Waals surface area contributed by atoms with E-state index in [1.165, 1.54) is 7.11 Å². The highest BCUT2D eigenvalue weighted by atomic mass is 16.5. The number of aryl methyl sites for hydroxylation is 1. The second kappa shape index (κ2) is 6.53. The highest BCUT2D eigenvalue weighted by Crippen LogP contribution is 2.56. The fraction of sp³-hybridized carbons (Fsp3) is 0.429. The maximum absolute atomic E-state index is 11.1. The van der Waals surface area contributed by atoms with Gasteiger partial charge in [0.05, 0.1) is 21.3 Å². The number of aromatic hydroxyl groups is 2. The minimum absolute atomic E-state index is 0.00789. The van der Waals surface area contributed by atoms with Crippen LogP contribution in [0, 0.1) is 0 Å². The number of phenolic OH excluding ortho intramolecular Hbond substituents is 2. The van der Waals surface area contributed by atoms with Gasteiger partial charge < -0.3 is 24.4 Å². The molecule has 2 aromatic rings. The molecular weight excluding hydrogens is 346 g/mol. The fourth-order valence-electron chi connectivity index (χ4n) is 4.55. The summed E-state index contributed by atoms with van der Waals surface area (Å²) in [4.78, 5) is 2.31. The molecule has 27 heavy (non-hydrogen) atoms. The molecule has 0 unspecified atom stereocenters. The summed E-state index contributed by atoms with van der Waals surface area (Å²) in [7, 11) is 6.71. The zero-order valence-electron chi connectivity index (χ0n) is 16.1. The van der Waals surface area contributed by atoms with Gasteiger partial charge >= 0.3 is 0 Å². The number of ether oxygens (including phenoxy) is 3. The Hall–Kier alpha value is -2.60. The Balaban J connectivity index is 2.11. The Morgan fingerprint density at radius 1 is 0.889 bits per heavy atom. The van der Waals surface area contributed by atoms with Crippen molar-refractivity contribution in [2.45, 2.75) is 25.3 Å². The first-order valence-electron chi connectivity index (χ1n) is 9.11. The molecule has 2 aromatic carbocycles. The molecule has 0 spiro atoms. The first kappa shape index (κ1) is 17.8. The third-order valence-corrected chi connectivity index (χ3v) is 5.87. The van der Waals surface area contributed by atoms with Gasteiger partial charge in [-0.05, 0) is 55.1 Å². The van der Waals surface area contributed by atoms with Gasteiger partial charge in [0.25, 0.3) is 0 Å². The van der Waals surface area contributed by atoms with Crippen LogP contribution in [0.2, 0.25) is 0 Å². The fourth-order valence-corrected chi connectivity index (χ4v) is 4.55. The number of fused-ring (bicyclic) bond motifs is 2. The van der Waals surface area contributed by atoms with Crippen LogP contribution in [-0.4, -0.2) is 50.0 Å². The number of rotatable bonds is 3. The monoisotopic (exact) mass is 371 g/mol. The quantitative estimate of drug-likeness (QED) is 0.863. The number of hydrogen-bond donors (Lipinski definition) is 2. The van der Waals surface area contributed by atoms with Crippen molar-refractivity contribution in [2.75, 3.05) is 34.9 Å². The normalized spacial score (nSPS) is 18.3. The van der Waals surface area contributed by atoms with Crippen LogP contribution in [0.3, 0.4) is 0 Å². The molecule has 1 aliphatic heterocycles. The molecule has 0 fully saturated rings. The standard InChI is InChI=1S/C21H25NO5/c1-22-8-7-12-9-14(25-2)19(23)18-16(12)13(22)6-5-11-10-15(26-3)21(27-4)20(24)17(11)18/h9-10,13,23-24H,5-8H2,1-4H3/t13-/m0/s1. The summed E-state index contributed by atoms with van der Waals surface area (Å²) in [5, 5.41) is 22.1. The number of likely N-dealkylation sites (N-methyl/N-ethyl adjacent to an activating group) is 1. The lowest BCUT2D eigenvalue weighted by molar-refractivity contribution is 0.220. The van der Waals surface area contributed by atoms with Crippen molar-refractivity contribution >= 4 is 0 Å². The predicted molar refractivity (Wildman–Crippen MR) is 102 cm³/mol. The smallest absolute Gasteiger partial charge is 0.203 e. The molecule has 2 aliphatic rings. The van der Waals surface area contributed by atoms with E-state index in [2.05, 4.69) is 11.9 Å². The molecule has 0 aromatic heterocycles. The van der Waals surface area contributed by atoms with E-state index in [-0.39, 0.29) is 23.3 Å². The van der Waals surface area contributed by atoms with Gasteiger partial charge in [-0.25, -0.2) is 0 Å². The number of methoxy groups -OCH3 is 3. The molecule has 6 nitrogen and oxygen atoms in total. The predicted octanol–water partition coefficient (Wildman–Crippen LogP) is 3.27. The molecule has 0 saturated heterocycles. The van der Waals surface area contributed by atoms with Gasteiger partial charge in [-0.15, -0.1) is 0 Å². The molecule has 0 bridgehead atoms. The molecule has 0 radical (unpaired) electrons. The van der Waals surface area contributed by atoms with Gasteiger partial charge in [-0.1, -0.05) is 0 Å². The van der Waals surface area contributed by atoms with Crippen LogP contribution in [0.15, 0.2) is 12.1 Å². The van der Waals surface area contributed by atoms with Crippen LogP contribution in [-0.2, 0) is 12.8 Å². The second-order valence-corrected chi connectivity index (χ2v) is 7.16. The van der Waals surface area contributed by atoms with Gasteiger partial charge in [0, 0.05) is 23.7 Å².